The number of nitrogens with zero attached hydrogens (tertiary/aromatic N) is 1. The molecule has 6 heteroatoms. The molecular weight excluding hydrogens is 302 g/mol. The zero-order valence-corrected chi connectivity index (χ0v) is 13.1. The number of nitrogens with one attached hydrogen (secondary N) is 2. The van der Waals surface area contributed by atoms with Crippen molar-refractivity contribution in [2.75, 3.05) is 12.4 Å². The summed E-state index contributed by atoms with van der Waals surface area (Å²) in [6.07, 6.45) is 6.01. The van der Waals surface area contributed by atoms with Crippen molar-refractivity contribution in [3.05, 3.63) is 35.0 Å². The van der Waals surface area contributed by atoms with E-state index in [0.29, 0.717) is 22.5 Å². The van der Waals surface area contributed by atoms with Crippen LogP contribution in [0.1, 0.15) is 25.7 Å². The quantitative estimate of drug-likeness (QED) is 0.645. The van der Waals surface area contributed by atoms with Crippen LogP contribution in [0.2, 0.25) is 5.02 Å². The topological polar surface area (TPSA) is 74.1 Å². The van der Waals surface area contributed by atoms with Crippen molar-refractivity contribution < 1.29 is 9.53 Å². The Kier molecular flexibility index (Phi) is 5.68. The molecule has 0 aliphatic heterocycles. The van der Waals surface area contributed by atoms with Crippen LogP contribution in [-0.4, -0.2) is 19.1 Å². The van der Waals surface area contributed by atoms with E-state index in [4.69, 9.17) is 21.6 Å². The molecule has 116 valence electrons. The highest BCUT2D eigenvalue weighted by molar-refractivity contribution is 6.32. The van der Waals surface area contributed by atoms with E-state index in [1.54, 1.807) is 18.2 Å². The zero-order valence-electron chi connectivity index (χ0n) is 12.4. The normalized spacial score (nSPS) is 15.2. The molecule has 0 aromatic heterocycles. The summed E-state index contributed by atoms with van der Waals surface area (Å²) in [6.45, 7) is 0. The van der Waals surface area contributed by atoms with E-state index in [2.05, 4.69) is 10.6 Å². The number of hydrogen-bond acceptors (Lipinski definition) is 4. The molecule has 0 saturated heterocycles. The minimum Gasteiger partial charge on any atom is -0.495 e. The van der Waals surface area contributed by atoms with Gasteiger partial charge in [0.25, 0.3) is 5.91 Å². The number of carbonyl (C=O) groups is 1. The predicted octanol–water partition coefficient (Wildman–Crippen LogP) is 3.23. The van der Waals surface area contributed by atoms with E-state index in [1.165, 1.54) is 26.2 Å². The van der Waals surface area contributed by atoms with Gasteiger partial charge in [-0.15, -0.1) is 0 Å². The van der Waals surface area contributed by atoms with Gasteiger partial charge in [0.15, 0.2) is 0 Å². The summed E-state index contributed by atoms with van der Waals surface area (Å²) in [6, 6.07) is 7.17. The summed E-state index contributed by atoms with van der Waals surface area (Å²) in [5.74, 6) is 0.0628. The molecule has 0 bridgehead atoms. The third-order valence-electron chi connectivity index (χ3n) is 3.59. The summed E-state index contributed by atoms with van der Waals surface area (Å²) < 4.78 is 5.05. The highest BCUT2D eigenvalue weighted by Crippen LogP contribution is 2.27. The van der Waals surface area contributed by atoms with E-state index in [0.717, 1.165) is 12.8 Å². The van der Waals surface area contributed by atoms with Gasteiger partial charge in [-0.3, -0.25) is 4.79 Å². The maximum atomic E-state index is 12.1. The van der Waals surface area contributed by atoms with Gasteiger partial charge in [0.05, 0.1) is 12.1 Å². The molecule has 0 spiro atoms. The Morgan fingerprint density at radius 2 is 2.18 bits per heavy atom. The van der Waals surface area contributed by atoms with Crippen LogP contribution in [0.25, 0.3) is 0 Å². The Balaban J connectivity index is 2.01. The monoisotopic (exact) mass is 319 g/mol. The number of carbonyl (C=O) groups excluding carboxylic acids is 1. The lowest BCUT2D eigenvalue weighted by atomic mass is 10.2. The van der Waals surface area contributed by atoms with Gasteiger partial charge >= 0.3 is 0 Å². The standard InChI is InChI=1S/C16H18ClN3O2/c1-22-15-7-6-13(8-14(15)17)20-16(21)11(9-18)10-19-12-4-2-3-5-12/h6-8,10,12,19H,2-5H2,1H3,(H,20,21)/b11-10-. The van der Waals surface area contributed by atoms with Gasteiger partial charge in [-0.1, -0.05) is 24.4 Å². The van der Waals surface area contributed by atoms with Crippen LogP contribution in [0.5, 0.6) is 5.75 Å². The fourth-order valence-corrected chi connectivity index (χ4v) is 2.64. The smallest absolute Gasteiger partial charge is 0.267 e. The lowest BCUT2D eigenvalue weighted by Crippen LogP contribution is -2.23. The minimum absolute atomic E-state index is 0.0406. The molecule has 1 aromatic rings. The first-order valence-electron chi connectivity index (χ1n) is 7.15. The second-order valence-corrected chi connectivity index (χ2v) is 5.53. The van der Waals surface area contributed by atoms with Gasteiger partial charge in [0.1, 0.15) is 17.4 Å². The molecule has 0 heterocycles. The largest absolute Gasteiger partial charge is 0.495 e. The Morgan fingerprint density at radius 1 is 1.45 bits per heavy atom. The van der Waals surface area contributed by atoms with Gasteiger partial charge in [-0.25, -0.2) is 0 Å². The number of amides is 1. The minimum atomic E-state index is -0.464. The van der Waals surface area contributed by atoms with Gasteiger partial charge in [-0.2, -0.15) is 5.26 Å². The third-order valence-corrected chi connectivity index (χ3v) is 3.89. The van der Waals surface area contributed by atoms with Crippen LogP contribution in [-0.2, 0) is 4.79 Å². The zero-order chi connectivity index (χ0) is 15.9. The lowest BCUT2D eigenvalue weighted by Gasteiger charge is -2.10. The number of hydrogen-bond donors (Lipinski definition) is 2. The van der Waals surface area contributed by atoms with Crippen LogP contribution < -0.4 is 15.4 Å². The molecular formula is C16H18ClN3O2. The first-order chi connectivity index (χ1) is 10.6. The molecule has 1 aromatic carbocycles. The first kappa shape index (κ1) is 16.2. The molecule has 1 aliphatic carbocycles. The molecule has 5 nitrogen and oxygen atoms in total. The summed E-state index contributed by atoms with van der Waals surface area (Å²) >= 11 is 6.01. The van der Waals surface area contributed by atoms with Crippen LogP contribution in [0.4, 0.5) is 5.69 Å². The number of methoxy groups -OCH3 is 1. The fraction of sp³-hybridized carbons (Fsp3) is 0.375. The summed E-state index contributed by atoms with van der Waals surface area (Å²) in [4.78, 5) is 12.1. The van der Waals surface area contributed by atoms with E-state index >= 15 is 0 Å². The van der Waals surface area contributed by atoms with Crippen molar-refractivity contribution in [1.82, 2.24) is 5.32 Å². The van der Waals surface area contributed by atoms with Crippen LogP contribution in [0.3, 0.4) is 0 Å². The van der Waals surface area contributed by atoms with Gasteiger partial charge in [0, 0.05) is 17.9 Å². The second kappa shape index (κ2) is 7.71. The summed E-state index contributed by atoms with van der Waals surface area (Å²) in [5.41, 5.74) is 0.552. The van der Waals surface area contributed by atoms with Crippen molar-refractivity contribution in [1.29, 1.82) is 5.26 Å². The Labute approximate surface area is 134 Å². The van der Waals surface area contributed by atoms with Gasteiger partial charge in [-0.05, 0) is 31.0 Å². The highest BCUT2D eigenvalue weighted by atomic mass is 35.5. The number of rotatable bonds is 5. The Morgan fingerprint density at radius 3 is 2.77 bits per heavy atom. The van der Waals surface area contributed by atoms with E-state index in [1.807, 2.05) is 6.07 Å². The number of ether oxygens (including phenoxy) is 1. The molecule has 0 unspecified atom stereocenters. The fourth-order valence-electron chi connectivity index (χ4n) is 2.38. The average molecular weight is 320 g/mol. The van der Waals surface area contributed by atoms with E-state index in [-0.39, 0.29) is 5.57 Å². The van der Waals surface area contributed by atoms with Crippen molar-refractivity contribution in [2.45, 2.75) is 31.7 Å². The number of halogens is 1. The average Bonchev–Trinajstić information content (AvgIpc) is 3.01. The molecule has 0 atom stereocenters. The molecule has 1 aliphatic rings. The molecule has 22 heavy (non-hydrogen) atoms. The number of nitriles is 1. The summed E-state index contributed by atoms with van der Waals surface area (Å²) in [7, 11) is 1.52. The van der Waals surface area contributed by atoms with Gasteiger partial charge in [0.2, 0.25) is 0 Å². The maximum absolute atomic E-state index is 12.1. The molecule has 1 amide bonds. The first-order valence-corrected chi connectivity index (χ1v) is 7.53. The number of benzene rings is 1. The van der Waals surface area contributed by atoms with Crippen molar-refractivity contribution in [2.24, 2.45) is 0 Å². The summed E-state index contributed by atoms with van der Waals surface area (Å²) in [5, 5.41) is 15.3. The molecule has 1 saturated carbocycles. The van der Waals surface area contributed by atoms with Gasteiger partial charge < -0.3 is 15.4 Å². The molecule has 2 N–H and O–H groups in total. The van der Waals surface area contributed by atoms with Crippen LogP contribution >= 0.6 is 11.6 Å². The maximum Gasteiger partial charge on any atom is 0.267 e. The SMILES string of the molecule is COc1ccc(NC(=O)/C(C#N)=C\NC2CCCC2)cc1Cl. The second-order valence-electron chi connectivity index (χ2n) is 5.12. The molecule has 0 radical (unpaired) electrons. The van der Waals surface area contributed by atoms with Crippen LogP contribution in [0.15, 0.2) is 30.0 Å². The van der Waals surface area contributed by atoms with Crippen molar-refractivity contribution >= 4 is 23.2 Å². The Bertz CT molecular complexity index is 616. The van der Waals surface area contributed by atoms with E-state index in [9.17, 15) is 4.79 Å². The van der Waals surface area contributed by atoms with E-state index < -0.39 is 5.91 Å². The number of anilines is 1. The predicted molar refractivity (Wildman–Crippen MR) is 85.7 cm³/mol. The van der Waals surface area contributed by atoms with Crippen LogP contribution in [0, 0.1) is 11.3 Å². The Hall–Kier alpha value is -2.19. The highest BCUT2D eigenvalue weighted by Gasteiger charge is 2.15. The third kappa shape index (κ3) is 4.15. The molecule has 1 fully saturated rings. The lowest BCUT2D eigenvalue weighted by molar-refractivity contribution is -0.112. The van der Waals surface area contributed by atoms with Crippen molar-refractivity contribution in [3.8, 4) is 11.8 Å². The molecule has 2 rings (SSSR count). The van der Waals surface area contributed by atoms with Crippen molar-refractivity contribution in [3.63, 3.8) is 0 Å².